The van der Waals surface area contributed by atoms with E-state index in [0.29, 0.717) is 5.15 Å². The van der Waals surface area contributed by atoms with Crippen molar-refractivity contribution in [3.63, 3.8) is 0 Å². The van der Waals surface area contributed by atoms with Gasteiger partial charge in [0.2, 0.25) is 0 Å². The molecule has 0 atom stereocenters. The van der Waals surface area contributed by atoms with Gasteiger partial charge in [-0.3, -0.25) is 0 Å². The van der Waals surface area contributed by atoms with Gasteiger partial charge >= 0.3 is 0 Å². The van der Waals surface area contributed by atoms with Crippen molar-refractivity contribution in [3.05, 3.63) is 5.15 Å². The Morgan fingerprint density at radius 2 is 2.08 bits per heavy atom. The second-order valence-electron chi connectivity index (χ2n) is 3.55. The molecule has 1 aliphatic heterocycles. The molecule has 0 aromatic carbocycles. The topological polar surface area (TPSA) is 29.0 Å². The first kappa shape index (κ1) is 9.21. The lowest BCUT2D eigenvalue weighted by atomic mass is 9.99. The smallest absolute Gasteiger partial charge is 0.187 e. The molecule has 0 spiro atoms. The third-order valence-electron chi connectivity index (χ3n) is 2.52. The van der Waals surface area contributed by atoms with Crippen molar-refractivity contribution >= 4 is 29.1 Å². The summed E-state index contributed by atoms with van der Waals surface area (Å²) in [5, 5.41) is 0.555. The number of nitrogens with zero attached hydrogens (tertiary/aromatic N) is 3. The van der Waals surface area contributed by atoms with Gasteiger partial charge in [-0.05, 0) is 18.8 Å². The van der Waals surface area contributed by atoms with Gasteiger partial charge in [0.15, 0.2) is 11.0 Å². The second-order valence-corrected chi connectivity index (χ2v) is 4.43. The molecule has 0 amide bonds. The van der Waals surface area contributed by atoms with Gasteiger partial charge in [0.1, 0.15) is 0 Å². The fourth-order valence-electron chi connectivity index (χ4n) is 1.58. The van der Waals surface area contributed by atoms with Crippen LogP contribution in [0.5, 0.6) is 0 Å². The molecular formula is C8H12ClN3S. The molecule has 1 saturated heterocycles. The Morgan fingerprint density at radius 1 is 1.38 bits per heavy atom. The Hall–Kier alpha value is -0.350. The number of hydrogen-bond acceptors (Lipinski definition) is 4. The fourth-order valence-corrected chi connectivity index (χ4v) is 2.36. The lowest BCUT2D eigenvalue weighted by Gasteiger charge is -2.30. The van der Waals surface area contributed by atoms with Gasteiger partial charge < -0.3 is 4.90 Å². The molecule has 0 aliphatic carbocycles. The van der Waals surface area contributed by atoms with Crippen molar-refractivity contribution in [3.8, 4) is 0 Å². The van der Waals surface area contributed by atoms with Crippen LogP contribution in [0, 0.1) is 5.92 Å². The lowest BCUT2D eigenvalue weighted by molar-refractivity contribution is 0.437. The van der Waals surface area contributed by atoms with E-state index in [2.05, 4.69) is 20.6 Å². The number of aromatic nitrogens is 2. The summed E-state index contributed by atoms with van der Waals surface area (Å²) >= 11 is 7.09. The minimum atomic E-state index is 0.555. The van der Waals surface area contributed by atoms with Crippen LogP contribution < -0.4 is 4.90 Å². The number of hydrogen-bond donors (Lipinski definition) is 0. The molecule has 1 aromatic rings. The van der Waals surface area contributed by atoms with E-state index in [1.165, 1.54) is 24.6 Å². The van der Waals surface area contributed by atoms with Crippen LogP contribution in [-0.4, -0.2) is 21.8 Å². The molecule has 72 valence electrons. The molecular weight excluding hydrogens is 206 g/mol. The highest BCUT2D eigenvalue weighted by Crippen LogP contribution is 2.27. The number of rotatable bonds is 1. The minimum Gasteiger partial charge on any atom is -0.353 e. The van der Waals surface area contributed by atoms with Crippen LogP contribution in [0.4, 0.5) is 5.82 Å². The summed E-state index contributed by atoms with van der Waals surface area (Å²) in [5.41, 5.74) is 0. The van der Waals surface area contributed by atoms with Gasteiger partial charge in [-0.1, -0.05) is 18.5 Å². The second kappa shape index (κ2) is 3.80. The van der Waals surface area contributed by atoms with E-state index in [-0.39, 0.29) is 0 Å². The summed E-state index contributed by atoms with van der Waals surface area (Å²) in [6, 6.07) is 0. The standard InChI is InChI=1S/C8H12ClN3S/c1-6-2-4-12(5-3-6)8-7(9)10-13-11-8/h6H,2-5H2,1H3. The molecule has 5 heteroatoms. The van der Waals surface area contributed by atoms with E-state index in [9.17, 15) is 0 Å². The monoisotopic (exact) mass is 217 g/mol. The lowest BCUT2D eigenvalue weighted by Crippen LogP contribution is -2.33. The van der Waals surface area contributed by atoms with Crippen LogP contribution in [0.25, 0.3) is 0 Å². The third-order valence-corrected chi connectivity index (χ3v) is 3.39. The zero-order valence-electron chi connectivity index (χ0n) is 7.53. The van der Waals surface area contributed by atoms with Crippen molar-refractivity contribution in [2.24, 2.45) is 5.92 Å². The normalized spacial score (nSPS) is 19.4. The zero-order chi connectivity index (χ0) is 9.26. The Bertz CT molecular complexity index is 281. The highest BCUT2D eigenvalue weighted by Gasteiger charge is 2.20. The molecule has 0 unspecified atom stereocenters. The molecule has 2 rings (SSSR count). The van der Waals surface area contributed by atoms with Crippen molar-refractivity contribution in [1.82, 2.24) is 8.75 Å². The molecule has 0 bridgehead atoms. The average Bonchev–Trinajstić information content (AvgIpc) is 2.53. The van der Waals surface area contributed by atoms with Crippen molar-refractivity contribution in [2.75, 3.05) is 18.0 Å². The summed E-state index contributed by atoms with van der Waals surface area (Å²) in [7, 11) is 0. The zero-order valence-corrected chi connectivity index (χ0v) is 9.11. The first-order valence-electron chi connectivity index (χ1n) is 4.50. The van der Waals surface area contributed by atoms with Gasteiger partial charge in [0.05, 0.1) is 11.7 Å². The number of piperidine rings is 1. The Balaban J connectivity index is 2.06. The maximum absolute atomic E-state index is 5.90. The first-order valence-corrected chi connectivity index (χ1v) is 5.61. The van der Waals surface area contributed by atoms with Crippen LogP contribution in [-0.2, 0) is 0 Å². The van der Waals surface area contributed by atoms with E-state index in [1.807, 2.05) is 0 Å². The minimum absolute atomic E-state index is 0.555. The van der Waals surface area contributed by atoms with E-state index in [0.717, 1.165) is 24.8 Å². The summed E-state index contributed by atoms with van der Waals surface area (Å²) in [5.74, 6) is 1.71. The van der Waals surface area contributed by atoms with Gasteiger partial charge in [-0.15, -0.1) is 0 Å². The van der Waals surface area contributed by atoms with Crippen molar-refractivity contribution in [2.45, 2.75) is 19.8 Å². The molecule has 1 fully saturated rings. The van der Waals surface area contributed by atoms with Gasteiger partial charge in [-0.25, -0.2) is 0 Å². The predicted molar refractivity (Wildman–Crippen MR) is 55.5 cm³/mol. The quantitative estimate of drug-likeness (QED) is 0.724. The molecule has 1 aliphatic rings. The SMILES string of the molecule is CC1CCN(c2nsnc2Cl)CC1. The van der Waals surface area contributed by atoms with Crippen molar-refractivity contribution in [1.29, 1.82) is 0 Å². The molecule has 0 N–H and O–H groups in total. The predicted octanol–water partition coefficient (Wildman–Crippen LogP) is 2.43. The maximum Gasteiger partial charge on any atom is 0.187 e. The fraction of sp³-hybridized carbons (Fsp3) is 0.750. The van der Waals surface area contributed by atoms with Gasteiger partial charge in [-0.2, -0.15) is 8.75 Å². The van der Waals surface area contributed by atoms with Crippen LogP contribution in [0.1, 0.15) is 19.8 Å². The van der Waals surface area contributed by atoms with E-state index in [1.54, 1.807) is 0 Å². The highest BCUT2D eigenvalue weighted by molar-refractivity contribution is 6.99. The van der Waals surface area contributed by atoms with E-state index in [4.69, 9.17) is 11.6 Å². The van der Waals surface area contributed by atoms with Gasteiger partial charge in [0.25, 0.3) is 0 Å². The summed E-state index contributed by atoms with van der Waals surface area (Å²) in [6.07, 6.45) is 2.46. The van der Waals surface area contributed by atoms with Crippen LogP contribution >= 0.6 is 23.3 Å². The average molecular weight is 218 g/mol. The third kappa shape index (κ3) is 1.94. The molecule has 0 saturated carbocycles. The molecule has 1 aromatic heterocycles. The molecule has 3 nitrogen and oxygen atoms in total. The van der Waals surface area contributed by atoms with Gasteiger partial charge in [0, 0.05) is 13.1 Å². The van der Waals surface area contributed by atoms with Crippen LogP contribution in [0.2, 0.25) is 5.15 Å². The Kier molecular flexibility index (Phi) is 2.69. The first-order chi connectivity index (χ1) is 6.27. The Morgan fingerprint density at radius 3 is 2.62 bits per heavy atom. The number of halogens is 1. The largest absolute Gasteiger partial charge is 0.353 e. The van der Waals surface area contributed by atoms with Crippen LogP contribution in [0.15, 0.2) is 0 Å². The van der Waals surface area contributed by atoms with E-state index < -0.39 is 0 Å². The summed E-state index contributed by atoms with van der Waals surface area (Å²) in [6.45, 7) is 4.41. The molecule has 2 heterocycles. The summed E-state index contributed by atoms with van der Waals surface area (Å²) in [4.78, 5) is 2.23. The number of anilines is 1. The Labute approximate surface area is 87.0 Å². The van der Waals surface area contributed by atoms with E-state index >= 15 is 0 Å². The maximum atomic E-state index is 5.90. The summed E-state index contributed by atoms with van der Waals surface area (Å²) < 4.78 is 8.15. The molecule has 13 heavy (non-hydrogen) atoms. The highest BCUT2D eigenvalue weighted by atomic mass is 35.5. The molecule has 0 radical (unpaired) electrons. The van der Waals surface area contributed by atoms with Crippen molar-refractivity contribution < 1.29 is 0 Å². The van der Waals surface area contributed by atoms with Crippen LogP contribution in [0.3, 0.4) is 0 Å².